The molecule has 1 saturated heterocycles. The molecule has 6 nitrogen and oxygen atoms in total. The van der Waals surface area contributed by atoms with Gasteiger partial charge in [0, 0.05) is 47.6 Å². The summed E-state index contributed by atoms with van der Waals surface area (Å²) >= 11 is 1.52. The molecule has 0 radical (unpaired) electrons. The molecule has 1 aliphatic heterocycles. The van der Waals surface area contributed by atoms with Gasteiger partial charge >= 0.3 is 5.97 Å². The van der Waals surface area contributed by atoms with Crippen molar-refractivity contribution < 1.29 is 14.3 Å². The van der Waals surface area contributed by atoms with Crippen LogP contribution in [0.4, 0.5) is 0 Å². The van der Waals surface area contributed by atoms with Gasteiger partial charge in [-0.1, -0.05) is 48.5 Å². The van der Waals surface area contributed by atoms with E-state index in [-0.39, 0.29) is 17.9 Å². The van der Waals surface area contributed by atoms with Crippen LogP contribution in [0.15, 0.2) is 71.4 Å². The van der Waals surface area contributed by atoms with Crippen molar-refractivity contribution in [2.45, 2.75) is 25.4 Å². The molecule has 1 amide bonds. The van der Waals surface area contributed by atoms with Crippen molar-refractivity contribution in [1.29, 1.82) is 0 Å². The molecule has 5 rings (SSSR count). The number of esters is 1. The number of piperidine rings is 1. The summed E-state index contributed by atoms with van der Waals surface area (Å²) in [5.74, 6) is -0.392. The van der Waals surface area contributed by atoms with Crippen molar-refractivity contribution >= 4 is 34.1 Å². The lowest BCUT2D eigenvalue weighted by Crippen LogP contribution is -2.44. The maximum absolute atomic E-state index is 13.1. The van der Waals surface area contributed by atoms with Gasteiger partial charge in [0.15, 0.2) is 0 Å². The molecule has 178 valence electrons. The van der Waals surface area contributed by atoms with Crippen molar-refractivity contribution in [2.75, 3.05) is 20.2 Å². The fourth-order valence-electron chi connectivity index (χ4n) is 4.71. The van der Waals surface area contributed by atoms with Crippen LogP contribution in [0.5, 0.6) is 0 Å². The lowest BCUT2D eigenvalue weighted by Gasteiger charge is -2.32. The molecule has 0 saturated carbocycles. The molecule has 1 N–H and O–H groups in total. The van der Waals surface area contributed by atoms with E-state index in [1.54, 1.807) is 0 Å². The third-order valence-corrected chi connectivity index (χ3v) is 7.18. The summed E-state index contributed by atoms with van der Waals surface area (Å²) in [6.45, 7) is 2.16. The van der Waals surface area contributed by atoms with E-state index in [9.17, 15) is 9.59 Å². The third-order valence-electron chi connectivity index (χ3n) is 6.50. The van der Waals surface area contributed by atoms with E-state index >= 15 is 0 Å². The SMILES string of the molecule is COC(=O)c1c(CN2CCC(NC(=O)c3ccsc3)CC2)nc2ccccc2c1-c1ccccc1. The quantitative estimate of drug-likeness (QED) is 0.383. The summed E-state index contributed by atoms with van der Waals surface area (Å²) in [4.78, 5) is 32.7. The van der Waals surface area contributed by atoms with Gasteiger partial charge in [0.2, 0.25) is 0 Å². The van der Waals surface area contributed by atoms with Gasteiger partial charge in [-0.15, -0.1) is 0 Å². The van der Waals surface area contributed by atoms with Crippen LogP contribution in [-0.2, 0) is 11.3 Å². The van der Waals surface area contributed by atoms with Gasteiger partial charge in [0.1, 0.15) is 0 Å². The number of likely N-dealkylation sites (tertiary alicyclic amines) is 1. The Morgan fingerprint density at radius 2 is 1.80 bits per heavy atom. The van der Waals surface area contributed by atoms with Crippen molar-refractivity contribution in [3.63, 3.8) is 0 Å². The Morgan fingerprint density at radius 1 is 1.06 bits per heavy atom. The van der Waals surface area contributed by atoms with Crippen LogP contribution >= 0.6 is 11.3 Å². The lowest BCUT2D eigenvalue weighted by atomic mass is 9.93. The monoisotopic (exact) mass is 485 g/mol. The minimum absolute atomic E-state index is 0.0126. The highest BCUT2D eigenvalue weighted by atomic mass is 32.1. The molecular formula is C28H27N3O3S. The number of ether oxygens (including phenoxy) is 1. The van der Waals surface area contributed by atoms with Crippen molar-refractivity contribution in [3.8, 4) is 11.1 Å². The summed E-state index contributed by atoms with van der Waals surface area (Å²) in [6, 6.07) is 19.8. The molecule has 35 heavy (non-hydrogen) atoms. The van der Waals surface area contributed by atoms with Gasteiger partial charge in [-0.05, 0) is 35.9 Å². The summed E-state index contributed by atoms with van der Waals surface area (Å²) in [5, 5.41) is 7.86. The number of hydrogen-bond donors (Lipinski definition) is 1. The highest BCUT2D eigenvalue weighted by Crippen LogP contribution is 2.34. The van der Waals surface area contributed by atoms with E-state index in [4.69, 9.17) is 9.72 Å². The number of benzene rings is 2. The molecule has 0 aliphatic carbocycles. The number of amides is 1. The van der Waals surface area contributed by atoms with Crippen LogP contribution in [0, 0.1) is 0 Å². The number of methoxy groups -OCH3 is 1. The zero-order valence-corrected chi connectivity index (χ0v) is 20.4. The number of para-hydroxylation sites is 1. The van der Waals surface area contributed by atoms with Crippen LogP contribution in [-0.4, -0.2) is 48.0 Å². The molecule has 0 bridgehead atoms. The number of pyridine rings is 1. The molecular weight excluding hydrogens is 458 g/mol. The first-order valence-corrected chi connectivity index (χ1v) is 12.7. The molecule has 1 aliphatic rings. The van der Waals surface area contributed by atoms with Crippen molar-refractivity contribution in [3.05, 3.63) is 88.2 Å². The Labute approximate surface area is 208 Å². The standard InChI is InChI=1S/C28H27N3O3S/c1-34-28(33)26-24(17-31-14-11-21(12-15-31)29-27(32)20-13-16-35-18-20)30-23-10-6-5-9-22(23)25(26)19-7-3-2-4-8-19/h2-10,13,16,18,21H,11-12,14-15,17H2,1H3,(H,29,32). The Balaban J connectivity index is 1.42. The third kappa shape index (κ3) is 4.97. The van der Waals surface area contributed by atoms with Crippen molar-refractivity contribution in [1.82, 2.24) is 15.2 Å². The Hall–Kier alpha value is -3.55. The number of aromatic nitrogens is 1. The van der Waals surface area contributed by atoms with Gasteiger partial charge in [0.05, 0.1) is 23.9 Å². The van der Waals surface area contributed by atoms with Crippen LogP contribution in [0.1, 0.15) is 39.3 Å². The maximum atomic E-state index is 13.1. The second-order valence-electron chi connectivity index (χ2n) is 8.72. The average molecular weight is 486 g/mol. The summed E-state index contributed by atoms with van der Waals surface area (Å²) < 4.78 is 5.23. The van der Waals surface area contributed by atoms with Crippen LogP contribution < -0.4 is 5.32 Å². The number of carbonyl (C=O) groups is 2. The average Bonchev–Trinajstić information content (AvgIpc) is 3.44. The smallest absolute Gasteiger partial charge is 0.340 e. The van der Waals surface area contributed by atoms with Gasteiger partial charge in [-0.2, -0.15) is 11.3 Å². The van der Waals surface area contributed by atoms with Gasteiger partial charge in [-0.25, -0.2) is 4.79 Å². The number of carbonyl (C=O) groups excluding carboxylic acids is 2. The predicted molar refractivity (Wildman–Crippen MR) is 139 cm³/mol. The second-order valence-corrected chi connectivity index (χ2v) is 9.50. The van der Waals surface area contributed by atoms with Crippen LogP contribution in [0.3, 0.4) is 0 Å². The van der Waals surface area contributed by atoms with E-state index in [1.807, 2.05) is 71.4 Å². The Kier molecular flexibility index (Phi) is 6.88. The normalized spacial score (nSPS) is 14.7. The zero-order chi connectivity index (χ0) is 24.2. The van der Waals surface area contributed by atoms with Crippen LogP contribution in [0.2, 0.25) is 0 Å². The largest absolute Gasteiger partial charge is 0.465 e. The minimum atomic E-state index is -0.380. The molecule has 0 unspecified atom stereocenters. The first-order chi connectivity index (χ1) is 17.1. The number of nitrogens with one attached hydrogen (secondary N) is 1. The van der Waals surface area contributed by atoms with Gasteiger partial charge in [0.25, 0.3) is 5.91 Å². The van der Waals surface area contributed by atoms with E-state index < -0.39 is 0 Å². The minimum Gasteiger partial charge on any atom is -0.465 e. The van der Waals surface area contributed by atoms with Gasteiger partial charge in [-0.3, -0.25) is 14.7 Å². The lowest BCUT2D eigenvalue weighted by molar-refractivity contribution is 0.0597. The first kappa shape index (κ1) is 23.2. The maximum Gasteiger partial charge on any atom is 0.340 e. The highest BCUT2D eigenvalue weighted by molar-refractivity contribution is 7.08. The molecule has 7 heteroatoms. The molecule has 4 aromatic rings. The first-order valence-electron chi connectivity index (χ1n) is 11.7. The van der Waals surface area contributed by atoms with Crippen molar-refractivity contribution in [2.24, 2.45) is 0 Å². The number of nitrogens with zero attached hydrogens (tertiary/aromatic N) is 2. The summed E-state index contributed by atoms with van der Waals surface area (Å²) in [5.41, 5.74) is 4.62. The molecule has 0 spiro atoms. The van der Waals surface area contributed by atoms with Gasteiger partial charge < -0.3 is 10.1 Å². The Bertz CT molecular complexity index is 1330. The molecule has 1 fully saturated rings. The molecule has 2 aromatic carbocycles. The number of hydrogen-bond acceptors (Lipinski definition) is 6. The van der Waals surface area contributed by atoms with Crippen LogP contribution in [0.25, 0.3) is 22.0 Å². The molecule has 2 aromatic heterocycles. The van der Waals surface area contributed by atoms with E-state index in [2.05, 4.69) is 10.2 Å². The highest BCUT2D eigenvalue weighted by Gasteiger charge is 2.26. The summed E-state index contributed by atoms with van der Waals surface area (Å²) in [6.07, 6.45) is 1.70. The Morgan fingerprint density at radius 3 is 2.51 bits per heavy atom. The number of fused-ring (bicyclic) bond motifs is 1. The fourth-order valence-corrected chi connectivity index (χ4v) is 5.35. The predicted octanol–water partition coefficient (Wildman–Crippen LogP) is 5.14. The fraction of sp³-hybridized carbons (Fsp3) is 0.250. The number of thiophene rings is 1. The molecule has 3 heterocycles. The molecule has 0 atom stereocenters. The number of rotatable bonds is 6. The zero-order valence-electron chi connectivity index (χ0n) is 19.6. The van der Waals surface area contributed by atoms with E-state index in [0.29, 0.717) is 17.7 Å². The topological polar surface area (TPSA) is 71.5 Å². The van der Waals surface area contributed by atoms with E-state index in [0.717, 1.165) is 53.7 Å². The second kappa shape index (κ2) is 10.4. The summed E-state index contributed by atoms with van der Waals surface area (Å²) in [7, 11) is 1.41. The van der Waals surface area contributed by atoms with E-state index in [1.165, 1.54) is 18.4 Å².